The van der Waals surface area contributed by atoms with E-state index in [2.05, 4.69) is 10.6 Å². The second-order valence-corrected chi connectivity index (χ2v) is 8.36. The van der Waals surface area contributed by atoms with E-state index in [0.29, 0.717) is 18.5 Å². The third-order valence-corrected chi connectivity index (χ3v) is 5.86. The smallest absolute Gasteiger partial charge is 0.235 e. The Balaban J connectivity index is 1.74. The standard InChI is InChI=1S/C14H26N2O3S/c1-2-3-4-7-20(18,19)10-14(17)16-13-8-11-5-6-12(9-13)15-11/h11-13,15H,2-10H2,1H3,(H,16,17). The van der Waals surface area contributed by atoms with Gasteiger partial charge < -0.3 is 10.6 Å². The number of carbonyl (C=O) groups excluding carboxylic acids is 1. The summed E-state index contributed by atoms with van der Waals surface area (Å²) >= 11 is 0. The van der Waals surface area contributed by atoms with Crippen molar-refractivity contribution in [3.8, 4) is 0 Å². The minimum Gasteiger partial charge on any atom is -0.352 e. The molecule has 2 bridgehead atoms. The van der Waals surface area contributed by atoms with Crippen molar-refractivity contribution in [3.05, 3.63) is 0 Å². The number of nitrogens with one attached hydrogen (secondary N) is 2. The second-order valence-electron chi connectivity index (χ2n) is 6.17. The number of fused-ring (bicyclic) bond motifs is 2. The van der Waals surface area contributed by atoms with Crippen molar-refractivity contribution >= 4 is 15.7 Å². The molecule has 0 aromatic carbocycles. The number of carbonyl (C=O) groups is 1. The van der Waals surface area contributed by atoms with Crippen LogP contribution < -0.4 is 10.6 Å². The largest absolute Gasteiger partial charge is 0.352 e. The molecule has 2 aliphatic rings. The fraction of sp³-hybridized carbons (Fsp3) is 0.929. The van der Waals surface area contributed by atoms with Gasteiger partial charge in [0.25, 0.3) is 0 Å². The predicted molar refractivity (Wildman–Crippen MR) is 79.3 cm³/mol. The van der Waals surface area contributed by atoms with Crippen LogP contribution in [-0.4, -0.2) is 44.0 Å². The average Bonchev–Trinajstić information content (AvgIpc) is 2.68. The molecule has 0 aliphatic carbocycles. The summed E-state index contributed by atoms with van der Waals surface area (Å²) in [5.74, 6) is -0.547. The molecule has 0 radical (unpaired) electrons. The summed E-state index contributed by atoms with van der Waals surface area (Å²) < 4.78 is 23.7. The highest BCUT2D eigenvalue weighted by Crippen LogP contribution is 2.26. The predicted octanol–water partition coefficient (Wildman–Crippen LogP) is 0.991. The molecule has 5 nitrogen and oxygen atoms in total. The number of sulfone groups is 1. The fourth-order valence-electron chi connectivity index (χ4n) is 3.29. The highest BCUT2D eigenvalue weighted by Gasteiger charge is 2.34. The molecule has 2 rings (SSSR count). The van der Waals surface area contributed by atoms with Gasteiger partial charge in [-0.2, -0.15) is 0 Å². The van der Waals surface area contributed by atoms with Crippen molar-refractivity contribution in [2.45, 2.75) is 70.0 Å². The van der Waals surface area contributed by atoms with Gasteiger partial charge >= 0.3 is 0 Å². The maximum Gasteiger partial charge on any atom is 0.235 e. The normalized spacial score (nSPS) is 29.4. The molecule has 20 heavy (non-hydrogen) atoms. The number of unbranched alkanes of at least 4 members (excludes halogenated alkanes) is 2. The van der Waals surface area contributed by atoms with Gasteiger partial charge in [-0.25, -0.2) is 8.42 Å². The molecule has 0 aromatic rings. The fourth-order valence-corrected chi connectivity index (χ4v) is 4.56. The van der Waals surface area contributed by atoms with E-state index in [1.165, 1.54) is 12.8 Å². The maximum atomic E-state index is 11.9. The van der Waals surface area contributed by atoms with Crippen LogP contribution in [0.1, 0.15) is 51.9 Å². The minimum atomic E-state index is -3.24. The lowest BCUT2D eigenvalue weighted by atomic mass is 10.00. The van der Waals surface area contributed by atoms with Crippen LogP contribution in [0.4, 0.5) is 0 Å². The zero-order chi connectivity index (χ0) is 14.6. The molecule has 2 atom stereocenters. The lowest BCUT2D eigenvalue weighted by Crippen LogP contribution is -2.49. The summed E-state index contributed by atoms with van der Waals surface area (Å²) in [4.78, 5) is 11.9. The molecule has 2 aliphatic heterocycles. The Bertz CT molecular complexity index is 424. The van der Waals surface area contributed by atoms with Crippen molar-refractivity contribution in [1.29, 1.82) is 0 Å². The summed E-state index contributed by atoms with van der Waals surface area (Å²) in [5, 5.41) is 6.41. The monoisotopic (exact) mass is 302 g/mol. The van der Waals surface area contributed by atoms with Crippen LogP contribution in [0, 0.1) is 0 Å². The second kappa shape index (κ2) is 6.89. The van der Waals surface area contributed by atoms with E-state index < -0.39 is 9.84 Å². The summed E-state index contributed by atoms with van der Waals surface area (Å²) in [7, 11) is -3.24. The van der Waals surface area contributed by atoms with Crippen LogP contribution in [0.15, 0.2) is 0 Å². The summed E-state index contributed by atoms with van der Waals surface area (Å²) in [6.07, 6.45) is 6.75. The van der Waals surface area contributed by atoms with E-state index in [9.17, 15) is 13.2 Å². The van der Waals surface area contributed by atoms with Crippen molar-refractivity contribution in [1.82, 2.24) is 10.6 Å². The van der Waals surface area contributed by atoms with E-state index in [4.69, 9.17) is 0 Å². The Kier molecular flexibility index (Phi) is 5.43. The van der Waals surface area contributed by atoms with Crippen LogP contribution in [0.3, 0.4) is 0 Å². The summed E-state index contributed by atoms with van der Waals surface area (Å²) in [6, 6.07) is 1.15. The molecule has 2 fully saturated rings. The quantitative estimate of drug-likeness (QED) is 0.688. The highest BCUT2D eigenvalue weighted by molar-refractivity contribution is 7.92. The first-order valence-electron chi connectivity index (χ1n) is 7.74. The molecular weight excluding hydrogens is 276 g/mol. The van der Waals surface area contributed by atoms with Gasteiger partial charge in [-0.05, 0) is 32.1 Å². The lowest BCUT2D eigenvalue weighted by Gasteiger charge is -2.29. The Morgan fingerprint density at radius 1 is 1.20 bits per heavy atom. The Labute approximate surface area is 121 Å². The molecule has 2 saturated heterocycles. The van der Waals surface area contributed by atoms with Crippen LogP contribution >= 0.6 is 0 Å². The number of piperidine rings is 1. The van der Waals surface area contributed by atoms with Gasteiger partial charge in [-0.1, -0.05) is 19.8 Å². The van der Waals surface area contributed by atoms with Crippen LogP contribution in [0.25, 0.3) is 0 Å². The van der Waals surface area contributed by atoms with Gasteiger partial charge in [0.15, 0.2) is 9.84 Å². The first-order valence-corrected chi connectivity index (χ1v) is 9.56. The van der Waals surface area contributed by atoms with Gasteiger partial charge in [0.2, 0.25) is 5.91 Å². The number of rotatable bonds is 7. The van der Waals surface area contributed by atoms with E-state index in [-0.39, 0.29) is 23.5 Å². The minimum absolute atomic E-state index is 0.131. The van der Waals surface area contributed by atoms with Gasteiger partial charge in [0.1, 0.15) is 5.75 Å². The van der Waals surface area contributed by atoms with Crippen LogP contribution in [0.5, 0.6) is 0 Å². The zero-order valence-electron chi connectivity index (χ0n) is 12.2. The molecule has 2 N–H and O–H groups in total. The van der Waals surface area contributed by atoms with Crippen LogP contribution in [-0.2, 0) is 14.6 Å². The first-order chi connectivity index (χ1) is 9.48. The molecule has 2 heterocycles. The number of hydrogen-bond acceptors (Lipinski definition) is 4. The average molecular weight is 302 g/mol. The molecule has 0 spiro atoms. The topological polar surface area (TPSA) is 75.3 Å². The third kappa shape index (κ3) is 4.74. The van der Waals surface area contributed by atoms with E-state index in [0.717, 1.165) is 25.7 Å². The third-order valence-electron chi connectivity index (χ3n) is 4.25. The molecule has 116 valence electrons. The Morgan fingerprint density at radius 2 is 1.85 bits per heavy atom. The van der Waals surface area contributed by atoms with Crippen molar-refractivity contribution in [2.75, 3.05) is 11.5 Å². The molecule has 1 amide bonds. The Morgan fingerprint density at radius 3 is 2.45 bits per heavy atom. The van der Waals surface area contributed by atoms with Crippen molar-refractivity contribution < 1.29 is 13.2 Å². The van der Waals surface area contributed by atoms with E-state index >= 15 is 0 Å². The maximum absolute atomic E-state index is 11.9. The van der Waals surface area contributed by atoms with E-state index in [1.807, 2.05) is 6.92 Å². The molecule has 6 heteroatoms. The molecular formula is C14H26N2O3S. The summed E-state index contributed by atoms with van der Waals surface area (Å²) in [6.45, 7) is 2.03. The zero-order valence-corrected chi connectivity index (χ0v) is 13.0. The van der Waals surface area contributed by atoms with Gasteiger partial charge in [0.05, 0.1) is 5.75 Å². The highest BCUT2D eigenvalue weighted by atomic mass is 32.2. The molecule has 0 saturated carbocycles. The van der Waals surface area contributed by atoms with Gasteiger partial charge in [-0.15, -0.1) is 0 Å². The first kappa shape index (κ1) is 15.8. The van der Waals surface area contributed by atoms with Gasteiger partial charge in [0, 0.05) is 18.1 Å². The van der Waals surface area contributed by atoms with Gasteiger partial charge in [-0.3, -0.25) is 4.79 Å². The number of amides is 1. The lowest BCUT2D eigenvalue weighted by molar-refractivity contribution is -0.119. The molecule has 2 unspecified atom stereocenters. The van der Waals surface area contributed by atoms with Crippen LogP contribution in [0.2, 0.25) is 0 Å². The van der Waals surface area contributed by atoms with E-state index in [1.54, 1.807) is 0 Å². The van der Waals surface area contributed by atoms with Crippen molar-refractivity contribution in [3.63, 3.8) is 0 Å². The number of hydrogen-bond donors (Lipinski definition) is 2. The summed E-state index contributed by atoms with van der Waals surface area (Å²) in [5.41, 5.74) is 0. The SMILES string of the molecule is CCCCCS(=O)(=O)CC(=O)NC1CC2CCC(C1)N2. The Hall–Kier alpha value is -0.620. The molecule has 0 aromatic heterocycles. The van der Waals surface area contributed by atoms with Crippen molar-refractivity contribution in [2.24, 2.45) is 0 Å².